The van der Waals surface area contributed by atoms with E-state index in [-0.39, 0.29) is 17.2 Å². The Morgan fingerprint density at radius 3 is 2.29 bits per heavy atom. The highest BCUT2D eigenvalue weighted by Crippen LogP contribution is 2.16. The third kappa shape index (κ3) is 5.74. The van der Waals surface area contributed by atoms with E-state index in [0.717, 1.165) is 0 Å². The van der Waals surface area contributed by atoms with Crippen LogP contribution in [0.25, 0.3) is 0 Å². The maximum atomic E-state index is 12.4. The molecule has 2 amide bonds. The van der Waals surface area contributed by atoms with E-state index in [2.05, 4.69) is 15.8 Å². The van der Waals surface area contributed by atoms with E-state index in [1.165, 1.54) is 24.3 Å². The number of anilines is 1. The van der Waals surface area contributed by atoms with Gasteiger partial charge in [0.1, 0.15) is 0 Å². The molecule has 0 spiro atoms. The maximum Gasteiger partial charge on any atom is 0.271 e. The van der Waals surface area contributed by atoms with Crippen LogP contribution in [0.1, 0.15) is 33.2 Å². The summed E-state index contributed by atoms with van der Waals surface area (Å²) in [5.74, 6) is -0.863. The van der Waals surface area contributed by atoms with Gasteiger partial charge < -0.3 is 5.32 Å². The van der Waals surface area contributed by atoms with Crippen LogP contribution in [0.3, 0.4) is 0 Å². The van der Waals surface area contributed by atoms with Crippen molar-refractivity contribution in [2.24, 2.45) is 5.10 Å². The van der Waals surface area contributed by atoms with Crippen molar-refractivity contribution in [3.05, 3.63) is 105 Å². The molecule has 3 aromatic carbocycles. The number of hydrogen-bond acceptors (Lipinski definition) is 5. The van der Waals surface area contributed by atoms with Gasteiger partial charge in [-0.15, -0.1) is 0 Å². The molecular weight excluding hydrogens is 420 g/mol. The topological polar surface area (TPSA) is 114 Å². The monoisotopic (exact) mass is 436 g/mol. The zero-order valence-corrected chi connectivity index (χ0v) is 17.1. The Morgan fingerprint density at radius 1 is 0.903 bits per heavy atom. The molecule has 0 aliphatic rings. The number of rotatable bonds is 6. The highest BCUT2D eigenvalue weighted by Gasteiger charge is 2.11. The molecule has 0 aliphatic heterocycles. The van der Waals surface area contributed by atoms with Crippen molar-refractivity contribution in [2.75, 3.05) is 5.32 Å². The lowest BCUT2D eigenvalue weighted by molar-refractivity contribution is -0.384. The number of halogens is 1. The van der Waals surface area contributed by atoms with E-state index in [0.29, 0.717) is 27.5 Å². The largest absolute Gasteiger partial charge is 0.322 e. The van der Waals surface area contributed by atoms with Crippen LogP contribution in [-0.4, -0.2) is 22.4 Å². The standard InChI is InChI=1S/C22H17ClN4O4/c1-14(25-26-22(29)17-5-3-7-20(13-17)27(30)31)16-4-2-6-19(12-16)24-21(28)15-8-10-18(23)11-9-15/h2-13H,1H3,(H,24,28)(H,26,29)/b25-14-. The molecule has 156 valence electrons. The second kappa shape index (κ2) is 9.64. The molecule has 0 saturated carbocycles. The number of nitro benzene ring substituents is 1. The molecule has 0 bridgehead atoms. The SMILES string of the molecule is C/C(=N/NC(=O)c1cccc([N+](=O)[O-])c1)c1cccc(NC(=O)c2ccc(Cl)cc2)c1. The van der Waals surface area contributed by atoms with Crippen LogP contribution in [0.15, 0.2) is 77.9 Å². The number of carbonyl (C=O) groups is 2. The predicted molar refractivity (Wildman–Crippen MR) is 119 cm³/mol. The molecule has 0 heterocycles. The van der Waals surface area contributed by atoms with E-state index in [9.17, 15) is 19.7 Å². The van der Waals surface area contributed by atoms with Gasteiger partial charge in [-0.2, -0.15) is 5.10 Å². The Bertz CT molecular complexity index is 1180. The van der Waals surface area contributed by atoms with E-state index in [1.54, 1.807) is 55.5 Å². The van der Waals surface area contributed by atoms with Crippen LogP contribution in [0.4, 0.5) is 11.4 Å². The van der Waals surface area contributed by atoms with Crippen molar-refractivity contribution < 1.29 is 14.5 Å². The molecule has 3 aromatic rings. The van der Waals surface area contributed by atoms with Gasteiger partial charge in [0.05, 0.1) is 10.6 Å². The predicted octanol–water partition coefficient (Wildman–Crippen LogP) is 4.65. The Morgan fingerprint density at radius 2 is 1.58 bits per heavy atom. The molecule has 0 fully saturated rings. The van der Waals surface area contributed by atoms with Crippen molar-refractivity contribution in [1.82, 2.24) is 5.43 Å². The normalized spacial score (nSPS) is 11.0. The van der Waals surface area contributed by atoms with Gasteiger partial charge in [-0.05, 0) is 55.0 Å². The summed E-state index contributed by atoms with van der Waals surface area (Å²) in [6.07, 6.45) is 0. The van der Waals surface area contributed by atoms with Crippen LogP contribution >= 0.6 is 11.6 Å². The minimum atomic E-state index is -0.574. The van der Waals surface area contributed by atoms with Gasteiger partial charge in [0, 0.05) is 34.0 Å². The average molecular weight is 437 g/mol. The minimum Gasteiger partial charge on any atom is -0.322 e. The summed E-state index contributed by atoms with van der Waals surface area (Å²) in [5.41, 5.74) is 4.50. The molecule has 3 rings (SSSR count). The minimum absolute atomic E-state index is 0.120. The smallest absolute Gasteiger partial charge is 0.271 e. The lowest BCUT2D eigenvalue weighted by Crippen LogP contribution is -2.19. The van der Waals surface area contributed by atoms with E-state index < -0.39 is 10.8 Å². The van der Waals surface area contributed by atoms with Crippen LogP contribution in [0.2, 0.25) is 5.02 Å². The fourth-order valence-corrected chi connectivity index (χ4v) is 2.78. The van der Waals surface area contributed by atoms with Gasteiger partial charge in [0.25, 0.3) is 17.5 Å². The molecule has 0 aliphatic carbocycles. The van der Waals surface area contributed by atoms with Crippen molar-refractivity contribution in [1.29, 1.82) is 0 Å². The first-order valence-electron chi connectivity index (χ1n) is 9.10. The molecular formula is C22H17ClN4O4. The van der Waals surface area contributed by atoms with E-state index in [4.69, 9.17) is 11.6 Å². The summed E-state index contributed by atoms with van der Waals surface area (Å²) < 4.78 is 0. The summed E-state index contributed by atoms with van der Waals surface area (Å²) >= 11 is 5.84. The zero-order chi connectivity index (χ0) is 22.4. The Balaban J connectivity index is 1.69. The molecule has 2 N–H and O–H groups in total. The molecule has 0 unspecified atom stereocenters. The van der Waals surface area contributed by atoms with Crippen LogP contribution in [0, 0.1) is 10.1 Å². The quantitative estimate of drug-likeness (QED) is 0.332. The average Bonchev–Trinajstić information content (AvgIpc) is 2.77. The first-order chi connectivity index (χ1) is 14.8. The van der Waals surface area contributed by atoms with Gasteiger partial charge in [0.15, 0.2) is 0 Å². The van der Waals surface area contributed by atoms with Gasteiger partial charge in [-0.1, -0.05) is 29.8 Å². The Labute approximate surface area is 182 Å². The van der Waals surface area contributed by atoms with Crippen molar-refractivity contribution in [3.8, 4) is 0 Å². The Kier molecular flexibility index (Phi) is 6.74. The first kappa shape index (κ1) is 21.7. The number of hydrogen-bond donors (Lipinski definition) is 2. The number of carbonyl (C=O) groups excluding carboxylic acids is 2. The molecule has 31 heavy (non-hydrogen) atoms. The molecule has 0 saturated heterocycles. The van der Waals surface area contributed by atoms with Gasteiger partial charge in [0.2, 0.25) is 0 Å². The van der Waals surface area contributed by atoms with Gasteiger partial charge >= 0.3 is 0 Å². The maximum absolute atomic E-state index is 12.4. The third-order valence-corrected chi connectivity index (χ3v) is 4.54. The number of non-ortho nitro benzene ring substituents is 1. The summed E-state index contributed by atoms with van der Waals surface area (Å²) in [5, 5.41) is 18.2. The zero-order valence-electron chi connectivity index (χ0n) is 16.3. The van der Waals surface area contributed by atoms with Crippen LogP contribution < -0.4 is 10.7 Å². The summed E-state index contributed by atoms with van der Waals surface area (Å²) in [7, 11) is 0. The number of benzene rings is 3. The molecule has 8 nitrogen and oxygen atoms in total. The molecule has 0 radical (unpaired) electrons. The number of nitrogens with zero attached hydrogens (tertiary/aromatic N) is 2. The van der Waals surface area contributed by atoms with Gasteiger partial charge in [-0.25, -0.2) is 5.43 Å². The number of hydrazone groups is 1. The Hall–Kier alpha value is -4.04. The van der Waals surface area contributed by atoms with Crippen LogP contribution in [0.5, 0.6) is 0 Å². The van der Waals surface area contributed by atoms with Crippen molar-refractivity contribution >= 4 is 40.5 Å². The third-order valence-electron chi connectivity index (χ3n) is 4.29. The fraction of sp³-hybridized carbons (Fsp3) is 0.0455. The molecule has 0 aromatic heterocycles. The van der Waals surface area contributed by atoms with Crippen molar-refractivity contribution in [2.45, 2.75) is 6.92 Å². The van der Waals surface area contributed by atoms with E-state index >= 15 is 0 Å². The van der Waals surface area contributed by atoms with Gasteiger partial charge in [-0.3, -0.25) is 19.7 Å². The number of amides is 2. The lowest BCUT2D eigenvalue weighted by Gasteiger charge is -2.08. The second-order valence-electron chi connectivity index (χ2n) is 6.49. The number of nitrogens with one attached hydrogen (secondary N) is 2. The fourth-order valence-electron chi connectivity index (χ4n) is 2.65. The highest BCUT2D eigenvalue weighted by atomic mass is 35.5. The second-order valence-corrected chi connectivity index (χ2v) is 6.92. The first-order valence-corrected chi connectivity index (χ1v) is 9.48. The number of nitro groups is 1. The summed E-state index contributed by atoms with van der Waals surface area (Å²) in [6.45, 7) is 1.69. The molecule has 9 heteroatoms. The highest BCUT2D eigenvalue weighted by molar-refractivity contribution is 6.30. The van der Waals surface area contributed by atoms with E-state index in [1.807, 2.05) is 0 Å². The lowest BCUT2D eigenvalue weighted by atomic mass is 10.1. The summed E-state index contributed by atoms with van der Waals surface area (Å²) in [6, 6.07) is 18.8. The summed E-state index contributed by atoms with van der Waals surface area (Å²) in [4.78, 5) is 34.9. The van der Waals surface area contributed by atoms with Crippen molar-refractivity contribution in [3.63, 3.8) is 0 Å². The molecule has 0 atom stereocenters. The van der Waals surface area contributed by atoms with Crippen LogP contribution in [-0.2, 0) is 0 Å².